The van der Waals surface area contributed by atoms with E-state index in [0.29, 0.717) is 17.4 Å². The van der Waals surface area contributed by atoms with E-state index in [1.54, 1.807) is 0 Å². The number of carbonyl (C=O) groups excluding carboxylic acids is 2. The molecule has 0 amide bonds. The second kappa shape index (κ2) is 70.5. The molecule has 0 spiro atoms. The van der Waals surface area contributed by atoms with E-state index < -0.39 is 26.5 Å². The van der Waals surface area contributed by atoms with Gasteiger partial charge in [-0.2, -0.15) is 0 Å². The van der Waals surface area contributed by atoms with Crippen molar-refractivity contribution in [3.05, 3.63) is 85.1 Å². The molecule has 0 rings (SSSR count). The van der Waals surface area contributed by atoms with Gasteiger partial charge in [-0.05, 0) is 70.6 Å². The molecule has 0 aliphatic carbocycles. The average molecular weight is 1280 g/mol. The number of allylic oxidation sites excluding steroid dienone is 14. The van der Waals surface area contributed by atoms with Crippen LogP contribution < -0.4 is 0 Å². The lowest BCUT2D eigenvalue weighted by Gasteiger charge is -2.24. The summed E-state index contributed by atoms with van der Waals surface area (Å²) in [7, 11) is 1.47. The number of carbonyl (C=O) groups is 2. The van der Waals surface area contributed by atoms with Crippen molar-refractivity contribution in [1.82, 2.24) is 0 Å². The molecule has 0 aromatic heterocycles. The monoisotopic (exact) mass is 1280 g/mol. The van der Waals surface area contributed by atoms with Crippen molar-refractivity contribution in [3.8, 4) is 0 Å². The first-order chi connectivity index (χ1) is 44.0. The van der Waals surface area contributed by atoms with E-state index in [0.717, 1.165) is 96.3 Å². The fraction of sp³-hybridized carbons (Fsp3) is 0.800. The Bertz CT molecular complexity index is 1800. The minimum Gasteiger partial charge on any atom is -0.462 e. The van der Waals surface area contributed by atoms with Crippen molar-refractivity contribution < 1.29 is 42.1 Å². The summed E-state index contributed by atoms with van der Waals surface area (Å²) in [6, 6.07) is 0. The molecule has 0 radical (unpaired) electrons. The van der Waals surface area contributed by atoms with Gasteiger partial charge >= 0.3 is 19.8 Å². The number of hydrogen-bond acceptors (Lipinski definition) is 7. The lowest BCUT2D eigenvalue weighted by atomic mass is 10.0. The van der Waals surface area contributed by atoms with E-state index >= 15 is 0 Å². The third-order valence-electron chi connectivity index (χ3n) is 16.9. The number of unbranched alkanes of at least 4 members (excludes halogenated alkanes) is 43. The molecular formula is C80H147NO8P+. The molecule has 0 saturated heterocycles. The lowest BCUT2D eigenvalue weighted by Crippen LogP contribution is -2.37. The van der Waals surface area contributed by atoms with E-state index in [1.807, 2.05) is 21.1 Å². The van der Waals surface area contributed by atoms with Crippen molar-refractivity contribution in [2.45, 2.75) is 367 Å². The Kier molecular flexibility index (Phi) is 68.3. The standard InChI is InChI=1S/C80H146NO8P/c1-6-8-10-12-14-16-18-20-22-24-26-28-30-32-34-35-36-37-38-39-40-41-42-43-44-45-47-48-50-52-54-56-58-60-62-64-66-68-70-72-79(82)86-76-78(77-88-90(84,85)87-75-74-81(3,4)5)89-80(83)73-71-69-67-65-63-61-59-57-55-53-51-49-46-33-31-29-27-25-23-21-19-17-15-13-11-9-7-2/h9,11,15,17,21,23,27,29,33,46,51,53,57,59,78H,6-8,10,12-14,16,18-20,22,24-26,28,30-32,34-45,47-50,52,54-56,58,60-77H2,1-5H3/p+1/b11-9-,17-15-,23-21-,29-27-,46-33-,53-51-,59-57-. The highest BCUT2D eigenvalue weighted by atomic mass is 31.2. The SMILES string of the molecule is CC/C=C\C/C=C\C/C=C\C/C=C\C/C=C\C/C=C\C/C=C\CCCCCCCC(=O)OC(COC(=O)CCCCCCCCCCCCCCCCCCCCCCCCCCCCCCCCCCCCCCCCC)COP(=O)(O)OCC[N+](C)(C)C. The molecule has 9 nitrogen and oxygen atoms in total. The second-order valence-corrected chi connectivity index (χ2v) is 28.5. The van der Waals surface area contributed by atoms with E-state index in [9.17, 15) is 19.0 Å². The highest BCUT2D eigenvalue weighted by molar-refractivity contribution is 7.47. The molecule has 2 unspecified atom stereocenters. The summed E-state index contributed by atoms with van der Waals surface area (Å²) >= 11 is 0. The molecule has 0 heterocycles. The number of nitrogens with zero attached hydrogens (tertiary/aromatic N) is 1. The van der Waals surface area contributed by atoms with Crippen LogP contribution in [0.4, 0.5) is 0 Å². The number of hydrogen-bond donors (Lipinski definition) is 1. The van der Waals surface area contributed by atoms with Gasteiger partial charge in [0.25, 0.3) is 0 Å². The van der Waals surface area contributed by atoms with Crippen molar-refractivity contribution in [3.63, 3.8) is 0 Å². The molecular weight excluding hydrogens is 1130 g/mol. The Balaban J connectivity index is 3.96. The van der Waals surface area contributed by atoms with Gasteiger partial charge in [-0.1, -0.05) is 362 Å². The lowest BCUT2D eigenvalue weighted by molar-refractivity contribution is -0.870. The Hall–Kier alpha value is -2.81. The van der Waals surface area contributed by atoms with Crippen molar-refractivity contribution in [1.29, 1.82) is 0 Å². The molecule has 0 aromatic carbocycles. The van der Waals surface area contributed by atoms with E-state index in [-0.39, 0.29) is 32.0 Å². The summed E-state index contributed by atoms with van der Waals surface area (Å²) < 4.78 is 34.7. The number of ether oxygens (including phenoxy) is 2. The average Bonchev–Trinajstić information content (AvgIpc) is 3.61. The van der Waals surface area contributed by atoms with Crippen LogP contribution in [0, 0.1) is 0 Å². The topological polar surface area (TPSA) is 108 Å². The van der Waals surface area contributed by atoms with Crippen LogP contribution in [-0.2, 0) is 32.7 Å². The molecule has 0 saturated carbocycles. The first-order valence-corrected chi connectivity index (χ1v) is 39.8. The fourth-order valence-corrected chi connectivity index (χ4v) is 11.9. The summed E-state index contributed by atoms with van der Waals surface area (Å²) in [6.45, 7) is 4.34. The number of rotatable bonds is 71. The van der Waals surface area contributed by atoms with Gasteiger partial charge in [0, 0.05) is 12.8 Å². The van der Waals surface area contributed by atoms with Crippen LogP contribution in [0.25, 0.3) is 0 Å². The van der Waals surface area contributed by atoms with Crippen molar-refractivity contribution in [2.24, 2.45) is 0 Å². The Morgan fingerprint density at radius 1 is 0.356 bits per heavy atom. The fourth-order valence-electron chi connectivity index (χ4n) is 11.1. The molecule has 0 aliphatic heterocycles. The van der Waals surface area contributed by atoms with Gasteiger partial charge in [-0.25, -0.2) is 4.57 Å². The molecule has 0 fully saturated rings. The minimum atomic E-state index is -4.40. The van der Waals surface area contributed by atoms with Crippen molar-refractivity contribution >= 4 is 19.8 Å². The molecule has 0 aromatic rings. The molecule has 10 heteroatoms. The number of phosphoric ester groups is 1. The maximum Gasteiger partial charge on any atom is 0.472 e. The van der Waals surface area contributed by atoms with Crippen LogP contribution in [-0.4, -0.2) is 74.9 Å². The molecule has 1 N–H and O–H groups in total. The summed E-state index contributed by atoms with van der Waals surface area (Å²) in [6.07, 6.45) is 97.3. The van der Waals surface area contributed by atoms with Crippen LogP contribution in [0.15, 0.2) is 85.1 Å². The summed E-state index contributed by atoms with van der Waals surface area (Å²) in [4.78, 5) is 35.9. The maximum atomic E-state index is 12.9. The third-order valence-corrected chi connectivity index (χ3v) is 17.9. The van der Waals surface area contributed by atoms with Crippen LogP contribution in [0.2, 0.25) is 0 Å². The maximum absolute atomic E-state index is 12.9. The number of phosphoric acid groups is 1. The number of quaternary nitrogens is 1. The molecule has 2 atom stereocenters. The van der Waals surface area contributed by atoms with Gasteiger partial charge in [-0.3, -0.25) is 18.6 Å². The summed E-state index contributed by atoms with van der Waals surface area (Å²) in [5, 5.41) is 0. The predicted molar refractivity (Wildman–Crippen MR) is 390 cm³/mol. The smallest absolute Gasteiger partial charge is 0.462 e. The minimum absolute atomic E-state index is 0.0249. The van der Waals surface area contributed by atoms with Gasteiger partial charge < -0.3 is 18.9 Å². The normalized spacial score (nSPS) is 13.5. The van der Waals surface area contributed by atoms with E-state index in [4.69, 9.17) is 18.5 Å². The van der Waals surface area contributed by atoms with Crippen LogP contribution in [0.3, 0.4) is 0 Å². The van der Waals surface area contributed by atoms with Crippen molar-refractivity contribution in [2.75, 3.05) is 47.5 Å². The Labute approximate surface area is 558 Å². The predicted octanol–water partition coefficient (Wildman–Crippen LogP) is 25.3. The third kappa shape index (κ3) is 74.2. The van der Waals surface area contributed by atoms with Gasteiger partial charge in [-0.15, -0.1) is 0 Å². The summed E-state index contributed by atoms with van der Waals surface area (Å²) in [5.74, 6) is -0.810. The van der Waals surface area contributed by atoms with E-state index in [2.05, 4.69) is 98.9 Å². The zero-order valence-electron chi connectivity index (χ0n) is 59.9. The van der Waals surface area contributed by atoms with Crippen LogP contribution in [0.1, 0.15) is 361 Å². The van der Waals surface area contributed by atoms with E-state index in [1.165, 1.54) is 231 Å². The largest absolute Gasteiger partial charge is 0.472 e. The highest BCUT2D eigenvalue weighted by Crippen LogP contribution is 2.43. The van der Waals surface area contributed by atoms with Gasteiger partial charge in [0.05, 0.1) is 27.7 Å². The second-order valence-electron chi connectivity index (χ2n) is 27.0. The van der Waals surface area contributed by atoms with Crippen LogP contribution in [0.5, 0.6) is 0 Å². The first kappa shape index (κ1) is 87.2. The molecule has 524 valence electrons. The van der Waals surface area contributed by atoms with Gasteiger partial charge in [0.2, 0.25) is 0 Å². The van der Waals surface area contributed by atoms with Gasteiger partial charge in [0.15, 0.2) is 6.10 Å². The number of likely N-dealkylation sites (N-methyl/N-ethyl adjacent to an activating group) is 1. The number of esters is 2. The zero-order chi connectivity index (χ0) is 65.5. The molecule has 0 aliphatic rings. The summed E-state index contributed by atoms with van der Waals surface area (Å²) in [5.41, 5.74) is 0. The van der Waals surface area contributed by atoms with Gasteiger partial charge in [0.1, 0.15) is 19.8 Å². The highest BCUT2D eigenvalue weighted by Gasteiger charge is 2.27. The molecule has 0 bridgehead atoms. The van der Waals surface area contributed by atoms with Crippen LogP contribution >= 0.6 is 7.82 Å². The Morgan fingerprint density at radius 3 is 0.944 bits per heavy atom. The first-order valence-electron chi connectivity index (χ1n) is 38.3. The molecule has 90 heavy (non-hydrogen) atoms. The Morgan fingerprint density at radius 2 is 0.633 bits per heavy atom. The quantitative estimate of drug-likeness (QED) is 0.0211. The zero-order valence-corrected chi connectivity index (χ0v) is 60.8.